The molecule has 2 atom stereocenters. The van der Waals surface area contributed by atoms with Crippen LogP contribution in [0.1, 0.15) is 36.1 Å². The van der Waals surface area contributed by atoms with Gasteiger partial charge in [-0.15, -0.1) is 0 Å². The van der Waals surface area contributed by atoms with Crippen LogP contribution in [0.2, 0.25) is 0 Å². The van der Waals surface area contributed by atoms with Crippen molar-refractivity contribution in [2.45, 2.75) is 39.4 Å². The van der Waals surface area contributed by atoms with Crippen LogP contribution in [0.15, 0.2) is 18.2 Å². The summed E-state index contributed by atoms with van der Waals surface area (Å²) in [6.45, 7) is 6.03. The van der Waals surface area contributed by atoms with Gasteiger partial charge in [0.05, 0.1) is 12.2 Å². The monoisotopic (exact) mass is 208 g/mol. The number of aliphatic hydroxyl groups excluding tert-OH is 1. The Morgan fingerprint density at radius 2 is 2.00 bits per heavy atom. The van der Waals surface area contributed by atoms with Crippen LogP contribution in [0.4, 0.5) is 0 Å². The number of aryl methyl sites for hydroxylation is 2. The van der Waals surface area contributed by atoms with E-state index >= 15 is 0 Å². The molecule has 0 aliphatic heterocycles. The molecule has 1 aromatic rings. The van der Waals surface area contributed by atoms with E-state index in [1.165, 1.54) is 5.56 Å². The molecular weight excluding hydrogens is 188 g/mol. The normalized spacial score (nSPS) is 15.0. The second kappa shape index (κ2) is 5.29. The summed E-state index contributed by atoms with van der Waals surface area (Å²) in [5, 5.41) is 10.0. The molecule has 0 aromatic heterocycles. The van der Waals surface area contributed by atoms with Gasteiger partial charge in [0.1, 0.15) is 0 Å². The van der Waals surface area contributed by atoms with Gasteiger partial charge in [0.15, 0.2) is 0 Å². The molecule has 0 amide bonds. The van der Waals surface area contributed by atoms with Gasteiger partial charge in [-0.05, 0) is 31.9 Å². The van der Waals surface area contributed by atoms with Crippen molar-refractivity contribution in [1.29, 1.82) is 0 Å². The standard InChI is InChI=1S/C13H20O2/c1-9-5-6-10(2)12(7-9)13(14)8-11(3)15-4/h5-7,11,13-14H,8H2,1-4H3. The molecule has 0 saturated heterocycles. The number of aliphatic hydroxyl groups is 1. The molecule has 2 nitrogen and oxygen atoms in total. The van der Waals surface area contributed by atoms with Crippen molar-refractivity contribution < 1.29 is 9.84 Å². The minimum absolute atomic E-state index is 0.0833. The number of benzene rings is 1. The summed E-state index contributed by atoms with van der Waals surface area (Å²) >= 11 is 0. The van der Waals surface area contributed by atoms with Gasteiger partial charge in [-0.2, -0.15) is 0 Å². The zero-order valence-electron chi connectivity index (χ0n) is 9.95. The first-order valence-corrected chi connectivity index (χ1v) is 5.32. The van der Waals surface area contributed by atoms with Crippen molar-refractivity contribution in [3.63, 3.8) is 0 Å². The highest BCUT2D eigenvalue weighted by atomic mass is 16.5. The van der Waals surface area contributed by atoms with E-state index in [9.17, 15) is 5.11 Å². The van der Waals surface area contributed by atoms with Gasteiger partial charge in [-0.3, -0.25) is 0 Å². The number of hydrogen-bond acceptors (Lipinski definition) is 2. The van der Waals surface area contributed by atoms with Gasteiger partial charge in [0.2, 0.25) is 0 Å². The lowest BCUT2D eigenvalue weighted by Crippen LogP contribution is -2.12. The maximum Gasteiger partial charge on any atom is 0.0817 e. The van der Waals surface area contributed by atoms with Crippen molar-refractivity contribution in [3.05, 3.63) is 34.9 Å². The lowest BCUT2D eigenvalue weighted by Gasteiger charge is -2.17. The van der Waals surface area contributed by atoms with Crippen LogP contribution < -0.4 is 0 Å². The molecule has 1 rings (SSSR count). The molecule has 1 N–H and O–H groups in total. The van der Waals surface area contributed by atoms with E-state index in [-0.39, 0.29) is 6.10 Å². The highest BCUT2D eigenvalue weighted by molar-refractivity contribution is 5.32. The van der Waals surface area contributed by atoms with Crippen molar-refractivity contribution in [1.82, 2.24) is 0 Å². The highest BCUT2D eigenvalue weighted by Crippen LogP contribution is 2.23. The third-order valence-electron chi connectivity index (χ3n) is 2.75. The first-order chi connectivity index (χ1) is 7.04. The lowest BCUT2D eigenvalue weighted by molar-refractivity contribution is 0.0557. The molecule has 0 fully saturated rings. The summed E-state index contributed by atoms with van der Waals surface area (Å²) < 4.78 is 5.15. The molecule has 0 aliphatic rings. The van der Waals surface area contributed by atoms with Crippen LogP contribution in [0, 0.1) is 13.8 Å². The maximum atomic E-state index is 10.0. The van der Waals surface area contributed by atoms with E-state index in [0.29, 0.717) is 6.42 Å². The van der Waals surface area contributed by atoms with Crippen molar-refractivity contribution >= 4 is 0 Å². The Morgan fingerprint density at radius 3 is 2.60 bits per heavy atom. The van der Waals surface area contributed by atoms with E-state index in [4.69, 9.17) is 4.74 Å². The van der Waals surface area contributed by atoms with E-state index in [1.807, 2.05) is 32.9 Å². The van der Waals surface area contributed by atoms with Crippen LogP contribution in [0.3, 0.4) is 0 Å². The third kappa shape index (κ3) is 3.33. The Morgan fingerprint density at radius 1 is 1.33 bits per heavy atom. The van der Waals surface area contributed by atoms with E-state index < -0.39 is 6.10 Å². The Hall–Kier alpha value is -0.860. The Labute approximate surface area is 91.9 Å². The molecule has 2 heteroatoms. The van der Waals surface area contributed by atoms with Gasteiger partial charge in [0.25, 0.3) is 0 Å². The summed E-state index contributed by atoms with van der Waals surface area (Å²) in [5.41, 5.74) is 3.33. The van der Waals surface area contributed by atoms with Gasteiger partial charge in [-0.25, -0.2) is 0 Å². The zero-order chi connectivity index (χ0) is 11.4. The molecule has 1 aromatic carbocycles. The molecule has 2 unspecified atom stereocenters. The fourth-order valence-corrected chi connectivity index (χ4v) is 1.66. The van der Waals surface area contributed by atoms with Gasteiger partial charge < -0.3 is 9.84 Å². The summed E-state index contributed by atoms with van der Waals surface area (Å²) in [5.74, 6) is 0. The van der Waals surface area contributed by atoms with Crippen LogP contribution in [0.5, 0.6) is 0 Å². The van der Waals surface area contributed by atoms with Crippen LogP contribution in [-0.4, -0.2) is 18.3 Å². The second-order valence-corrected chi connectivity index (χ2v) is 4.16. The molecule has 0 heterocycles. The summed E-state index contributed by atoms with van der Waals surface area (Å²) in [4.78, 5) is 0. The number of hydrogen-bond donors (Lipinski definition) is 1. The smallest absolute Gasteiger partial charge is 0.0817 e. The molecule has 15 heavy (non-hydrogen) atoms. The summed E-state index contributed by atoms with van der Waals surface area (Å²) in [6, 6.07) is 6.15. The van der Waals surface area contributed by atoms with Crippen molar-refractivity contribution in [2.24, 2.45) is 0 Å². The highest BCUT2D eigenvalue weighted by Gasteiger charge is 2.13. The maximum absolute atomic E-state index is 10.0. The van der Waals surface area contributed by atoms with E-state index in [0.717, 1.165) is 11.1 Å². The molecule has 84 valence electrons. The first-order valence-electron chi connectivity index (χ1n) is 5.32. The minimum Gasteiger partial charge on any atom is -0.388 e. The Kier molecular flexibility index (Phi) is 4.30. The first kappa shape index (κ1) is 12.2. The SMILES string of the molecule is COC(C)CC(O)c1cc(C)ccc1C. The quantitative estimate of drug-likeness (QED) is 0.824. The van der Waals surface area contributed by atoms with Gasteiger partial charge in [-0.1, -0.05) is 23.8 Å². The Balaban J connectivity index is 2.80. The molecule has 0 spiro atoms. The van der Waals surface area contributed by atoms with Crippen molar-refractivity contribution in [3.8, 4) is 0 Å². The van der Waals surface area contributed by atoms with Gasteiger partial charge >= 0.3 is 0 Å². The summed E-state index contributed by atoms with van der Waals surface area (Å²) in [6.07, 6.45) is 0.292. The van der Waals surface area contributed by atoms with E-state index in [2.05, 4.69) is 6.07 Å². The van der Waals surface area contributed by atoms with Crippen LogP contribution >= 0.6 is 0 Å². The molecule has 0 aliphatic carbocycles. The summed E-state index contributed by atoms with van der Waals surface area (Å²) in [7, 11) is 1.67. The van der Waals surface area contributed by atoms with Crippen LogP contribution in [-0.2, 0) is 4.74 Å². The number of rotatable bonds is 4. The fraction of sp³-hybridized carbons (Fsp3) is 0.538. The second-order valence-electron chi connectivity index (χ2n) is 4.16. The van der Waals surface area contributed by atoms with Gasteiger partial charge in [0, 0.05) is 13.5 Å². The molecule has 0 bridgehead atoms. The van der Waals surface area contributed by atoms with Crippen LogP contribution in [0.25, 0.3) is 0 Å². The third-order valence-corrected chi connectivity index (χ3v) is 2.75. The predicted octanol–water partition coefficient (Wildman–Crippen LogP) is 2.76. The average Bonchev–Trinajstić information content (AvgIpc) is 2.21. The predicted molar refractivity (Wildman–Crippen MR) is 62.0 cm³/mol. The van der Waals surface area contributed by atoms with Crippen molar-refractivity contribution in [2.75, 3.05) is 7.11 Å². The number of ether oxygens (including phenoxy) is 1. The number of methoxy groups -OCH3 is 1. The molecular formula is C13H20O2. The Bertz CT molecular complexity index is 320. The zero-order valence-corrected chi connectivity index (χ0v) is 9.95. The molecule has 0 radical (unpaired) electrons. The molecule has 0 saturated carbocycles. The topological polar surface area (TPSA) is 29.5 Å². The van der Waals surface area contributed by atoms with E-state index in [1.54, 1.807) is 7.11 Å². The fourth-order valence-electron chi connectivity index (χ4n) is 1.66. The average molecular weight is 208 g/mol. The largest absolute Gasteiger partial charge is 0.388 e. The lowest BCUT2D eigenvalue weighted by atomic mass is 9.97. The minimum atomic E-state index is -0.431.